The molecule has 0 amide bonds. The first-order valence-electron chi connectivity index (χ1n) is 20.4. The monoisotopic (exact) mass is 1520 g/mol. The molecule has 0 aliphatic heterocycles. The fourth-order valence-electron chi connectivity index (χ4n) is 5.15. The number of anilines is 1. The largest absolute Gasteiger partial charge is 2.00 e. The molecule has 0 aliphatic rings. The summed E-state index contributed by atoms with van der Waals surface area (Å²) in [6, 6.07) is 32.6. The Labute approximate surface area is 449 Å². The molecule has 4 aromatic carbocycles. The number of carbonyl (C=O) groups excluding carboxylic acids is 2. The van der Waals surface area contributed by atoms with E-state index in [2.05, 4.69) is 80.6 Å². The van der Waals surface area contributed by atoms with Gasteiger partial charge in [-0.25, -0.2) is 12.7 Å². The number of hydrogen-bond acceptors (Lipinski definition) is 8. The molecule has 4 rings (SSSR count). The number of aliphatic imine (C=N–C) groups is 1. The third kappa shape index (κ3) is 31.7. The summed E-state index contributed by atoms with van der Waals surface area (Å²) in [7, 11) is 0. The first-order chi connectivity index (χ1) is 29.3. The number of allylic oxidation sites excluding steroid dienone is 1. The van der Waals surface area contributed by atoms with Gasteiger partial charge in [-0.1, -0.05) is 81.0 Å². The summed E-state index contributed by atoms with van der Waals surface area (Å²) in [5.74, 6) is 1.35. The number of rotatable bonds is 24. The van der Waals surface area contributed by atoms with E-state index in [-0.39, 0.29) is 98.9 Å². The first kappa shape index (κ1) is 64.5. The van der Waals surface area contributed by atoms with E-state index in [0.29, 0.717) is 35.1 Å². The average Bonchev–Trinajstić information content (AvgIpc) is 3.30. The van der Waals surface area contributed by atoms with Crippen LogP contribution in [0.25, 0.3) is 11.1 Å². The minimum absolute atomic E-state index is 0. The van der Waals surface area contributed by atoms with Gasteiger partial charge in [0.2, 0.25) is 0 Å². The Kier molecular flexibility index (Phi) is 45.4. The minimum Gasteiger partial charge on any atom is -0.550 e. The Morgan fingerprint density at radius 2 is 1.38 bits per heavy atom. The quantitative estimate of drug-likeness (QED) is 0.0157. The predicted molar refractivity (Wildman–Crippen MR) is 247 cm³/mol. The molecule has 0 spiro atoms. The fraction of sp³-hybridized carbons (Fsp3) is 0.314. The van der Waals surface area contributed by atoms with Gasteiger partial charge in [0.25, 0.3) is 0 Å². The molecule has 0 saturated heterocycles. The van der Waals surface area contributed by atoms with Crippen molar-refractivity contribution >= 4 is 24.1 Å². The molecule has 1 atom stereocenters. The van der Waals surface area contributed by atoms with Crippen LogP contribution in [0.2, 0.25) is 0 Å². The first-order valence-corrected chi connectivity index (χ1v) is 20.4. The average molecular weight is 1530 g/mol. The molecule has 0 heterocycles. The summed E-state index contributed by atoms with van der Waals surface area (Å²) >= 11 is 0. The van der Waals surface area contributed by atoms with E-state index in [1.807, 2.05) is 30.6 Å². The van der Waals surface area contributed by atoms with Crippen LogP contribution in [0, 0.1) is 132 Å². The topological polar surface area (TPSA) is 147 Å². The van der Waals surface area contributed by atoms with Crippen molar-refractivity contribution in [2.45, 2.75) is 83.3 Å². The van der Waals surface area contributed by atoms with Crippen LogP contribution in [-0.4, -0.2) is 43.2 Å². The third-order valence-electron chi connectivity index (χ3n) is 8.47. The van der Waals surface area contributed by atoms with Gasteiger partial charge in [0.1, 0.15) is 5.84 Å². The summed E-state index contributed by atoms with van der Waals surface area (Å²) in [5, 5.41) is 22.6. The minimum atomic E-state index is -1.14. The molecule has 0 radical (unpaired) electrons. The Morgan fingerprint density at radius 1 is 0.825 bits per heavy atom. The Hall–Kier alpha value is -2.82. The molecule has 0 aromatic heterocycles. The maximum Gasteiger partial charge on any atom is 2.00 e. The molecule has 0 aliphatic carbocycles. The van der Waals surface area contributed by atoms with E-state index >= 15 is 0 Å². The molecular weight excluding hydrogens is 1460 g/mol. The maximum atomic E-state index is 11.4. The number of nitrogens with two attached hydrogens (primary N) is 1. The number of nitrogens with one attached hydrogen (secondary N) is 1. The molecule has 4 N–H and O–H groups in total. The molecule has 4 aromatic rings. The van der Waals surface area contributed by atoms with Crippen molar-refractivity contribution < 1.29 is 118 Å². The standard InChI is InChI=1S/C33H30N2O4.C9H17N2.C6H12.C3H3O.3U/c34-23-25-10-12-26(13-11-25)27-14-16-30(17-15-27)35-20-6-1-2-7-21-38-32-19-18-31(22-29(32)24-36)39-33(37)28-8-4-3-5-9-28;1-3-5-6-7-8-11-9(10)4-2;1-3-5-6-4-2;1-2-3-4;;;/h4-5,8-19,22,33,35,37H,1-2,6-7,20-21H2;4H,1-3,5-8H2,(H2,10,11);1-6H2;2H,1H2;;;/q-2;-1;-2;-1;3*+2. The zero-order valence-corrected chi connectivity index (χ0v) is 49.1. The van der Waals surface area contributed by atoms with Crippen LogP contribution >= 0.6 is 0 Å². The van der Waals surface area contributed by atoms with Gasteiger partial charge >= 0.3 is 93.3 Å². The molecule has 0 fully saturated rings. The van der Waals surface area contributed by atoms with Gasteiger partial charge in [0, 0.05) is 24.5 Å². The van der Waals surface area contributed by atoms with E-state index in [0.717, 1.165) is 87.3 Å². The van der Waals surface area contributed by atoms with E-state index in [4.69, 9.17) is 25.3 Å². The molecule has 9 nitrogen and oxygen atoms in total. The SMILES string of the molecule is C=CC(N)=NCCCCC[CH2-].C=C[C-]=O.N#Cc1ccc(-c2ccc(NCCCCCCOc3ccc(OC(O)c4cc[c-]cc4)cc3[C-]=O)cc2)cc1.[CH2-]CCCC[CH2-].[U+2].[U+2].[U+2]. The number of unbranched alkanes of at least 4 members (excludes halogenated alkanes) is 9. The van der Waals surface area contributed by atoms with Crippen LogP contribution in [0.1, 0.15) is 100 Å². The van der Waals surface area contributed by atoms with E-state index in [1.54, 1.807) is 42.5 Å². The van der Waals surface area contributed by atoms with Crippen LogP contribution in [0.3, 0.4) is 0 Å². The predicted octanol–water partition coefficient (Wildman–Crippen LogP) is 11.0. The van der Waals surface area contributed by atoms with Gasteiger partial charge in [-0.2, -0.15) is 54.9 Å². The number of ether oxygens (including phenoxy) is 2. The van der Waals surface area contributed by atoms with Crippen molar-refractivity contribution in [3.63, 3.8) is 0 Å². The molecule has 12 heteroatoms. The van der Waals surface area contributed by atoms with Crippen molar-refractivity contribution in [1.82, 2.24) is 0 Å². The Bertz CT molecular complexity index is 1810. The van der Waals surface area contributed by atoms with Crippen molar-refractivity contribution in [2.75, 3.05) is 25.0 Å². The van der Waals surface area contributed by atoms with Crippen LogP contribution in [0.5, 0.6) is 11.5 Å². The Balaban J connectivity index is -0.00000125. The van der Waals surface area contributed by atoms with Gasteiger partial charge in [-0.3, -0.25) is 4.99 Å². The summed E-state index contributed by atoms with van der Waals surface area (Å²) in [6.07, 6.45) is 17.9. The van der Waals surface area contributed by atoms with Crippen molar-refractivity contribution in [3.05, 3.63) is 160 Å². The van der Waals surface area contributed by atoms with Gasteiger partial charge in [0.15, 0.2) is 6.29 Å². The number of nitriles is 1. The Morgan fingerprint density at radius 3 is 1.92 bits per heavy atom. The maximum absolute atomic E-state index is 11.4. The van der Waals surface area contributed by atoms with Crippen LogP contribution in [0.15, 0.2) is 121 Å². The van der Waals surface area contributed by atoms with Crippen LogP contribution in [0.4, 0.5) is 5.69 Å². The number of amidine groups is 1. The van der Waals surface area contributed by atoms with Gasteiger partial charge in [-0.05, 0) is 73.1 Å². The molecule has 0 bridgehead atoms. The second-order valence-electron chi connectivity index (χ2n) is 13.2. The number of aliphatic hydroxyl groups excluding tert-OH is 1. The zero-order chi connectivity index (χ0) is 44.1. The van der Waals surface area contributed by atoms with E-state index in [1.165, 1.54) is 38.0 Å². The molecular formula is C51H62N4O5U3. The summed E-state index contributed by atoms with van der Waals surface area (Å²) < 4.78 is 11.3. The molecule has 0 saturated carbocycles. The zero-order valence-electron chi connectivity index (χ0n) is 36.6. The number of nitrogens with zero attached hydrogens (tertiary/aromatic N) is 2. The van der Waals surface area contributed by atoms with E-state index in [9.17, 15) is 9.90 Å². The summed E-state index contributed by atoms with van der Waals surface area (Å²) in [5.41, 5.74) is 10.2. The smallest absolute Gasteiger partial charge is 0.550 e. The normalized spacial score (nSPS) is 10.2. The third-order valence-corrected chi connectivity index (χ3v) is 8.47. The van der Waals surface area contributed by atoms with Crippen molar-refractivity contribution in [1.29, 1.82) is 5.26 Å². The van der Waals surface area contributed by atoms with Gasteiger partial charge in [-0.15, -0.1) is 11.6 Å². The van der Waals surface area contributed by atoms with Crippen LogP contribution in [-0.2, 0) is 9.59 Å². The van der Waals surface area contributed by atoms with Crippen LogP contribution < -0.4 is 20.5 Å². The number of hydrogen-bond donors (Lipinski definition) is 3. The molecule has 1 unspecified atom stereocenters. The van der Waals surface area contributed by atoms with Gasteiger partial charge in [0.05, 0.1) is 30.3 Å². The van der Waals surface area contributed by atoms with E-state index < -0.39 is 6.29 Å². The number of aliphatic hydroxyl groups is 1. The number of benzene rings is 4. The summed E-state index contributed by atoms with van der Waals surface area (Å²) in [4.78, 5) is 24.4. The second kappa shape index (κ2) is 44.4. The fourth-order valence-corrected chi connectivity index (χ4v) is 5.15. The molecule has 328 valence electrons. The second-order valence-corrected chi connectivity index (χ2v) is 13.2. The molecule has 63 heavy (non-hydrogen) atoms. The summed E-state index contributed by atoms with van der Waals surface area (Å²) in [6.45, 7) is 19.9. The van der Waals surface area contributed by atoms with Crippen molar-refractivity contribution in [3.8, 4) is 28.7 Å². The van der Waals surface area contributed by atoms with Crippen molar-refractivity contribution in [2.24, 2.45) is 10.7 Å². The van der Waals surface area contributed by atoms with Gasteiger partial charge < -0.3 is 56.0 Å².